The molecule has 4 aromatic rings. The standard InChI is InChI=1S/C24H22FN3O3/c25-20-6-2-1-5-19(20)22-11-9-18(31-22)10-12-24(29)27-21-7-3-4-8-23(21)30-16-15-28-14-13-26-17-28/h1-9,11,13-14,17H,10,12,15-16H2,(H,27,29). The van der Waals surface area contributed by atoms with E-state index in [0.29, 0.717) is 48.1 Å². The van der Waals surface area contributed by atoms with Crippen molar-refractivity contribution in [3.05, 3.63) is 91.0 Å². The van der Waals surface area contributed by atoms with Crippen LogP contribution in [0.15, 0.2) is 83.8 Å². The Labute approximate surface area is 179 Å². The number of para-hydroxylation sites is 2. The van der Waals surface area contributed by atoms with Crippen LogP contribution < -0.4 is 10.1 Å². The van der Waals surface area contributed by atoms with Crippen molar-refractivity contribution in [3.8, 4) is 17.1 Å². The summed E-state index contributed by atoms with van der Waals surface area (Å²) >= 11 is 0. The fraction of sp³-hybridized carbons (Fsp3) is 0.167. The van der Waals surface area contributed by atoms with Crippen molar-refractivity contribution < 1.29 is 18.3 Å². The molecule has 6 nitrogen and oxygen atoms in total. The Morgan fingerprint density at radius 2 is 1.94 bits per heavy atom. The highest BCUT2D eigenvalue weighted by molar-refractivity contribution is 5.92. The Kier molecular flexibility index (Phi) is 6.42. The molecule has 1 N–H and O–H groups in total. The van der Waals surface area contributed by atoms with E-state index in [0.717, 1.165) is 0 Å². The molecule has 2 aromatic carbocycles. The number of halogens is 1. The molecule has 0 atom stereocenters. The van der Waals surface area contributed by atoms with Crippen molar-refractivity contribution in [3.63, 3.8) is 0 Å². The number of nitrogens with one attached hydrogen (secondary N) is 1. The Hall–Kier alpha value is -3.87. The third-order valence-electron chi connectivity index (χ3n) is 4.73. The molecule has 0 unspecified atom stereocenters. The Bertz CT molecular complexity index is 1140. The maximum atomic E-state index is 13.9. The van der Waals surface area contributed by atoms with Crippen LogP contribution >= 0.6 is 0 Å². The van der Waals surface area contributed by atoms with Crippen LogP contribution in [0.2, 0.25) is 0 Å². The molecule has 2 heterocycles. The van der Waals surface area contributed by atoms with Crippen molar-refractivity contribution in [1.82, 2.24) is 9.55 Å². The molecule has 31 heavy (non-hydrogen) atoms. The summed E-state index contributed by atoms with van der Waals surface area (Å²) in [6, 6.07) is 17.2. The molecular formula is C24H22FN3O3. The van der Waals surface area contributed by atoms with Gasteiger partial charge in [-0.1, -0.05) is 24.3 Å². The number of aromatic nitrogens is 2. The van der Waals surface area contributed by atoms with Crippen molar-refractivity contribution >= 4 is 11.6 Å². The maximum absolute atomic E-state index is 13.9. The van der Waals surface area contributed by atoms with Crippen LogP contribution in [0.5, 0.6) is 5.75 Å². The number of carbonyl (C=O) groups is 1. The van der Waals surface area contributed by atoms with Gasteiger partial charge in [-0.25, -0.2) is 9.37 Å². The number of aryl methyl sites for hydroxylation is 1. The van der Waals surface area contributed by atoms with E-state index in [1.807, 2.05) is 29.0 Å². The molecule has 0 saturated heterocycles. The molecular weight excluding hydrogens is 397 g/mol. The van der Waals surface area contributed by atoms with Gasteiger partial charge in [0.15, 0.2) is 0 Å². The first-order valence-electron chi connectivity index (χ1n) is 10.00. The van der Waals surface area contributed by atoms with Gasteiger partial charge < -0.3 is 19.0 Å². The summed E-state index contributed by atoms with van der Waals surface area (Å²) in [5.74, 6) is 1.18. The summed E-state index contributed by atoms with van der Waals surface area (Å²) in [5.41, 5.74) is 1.02. The molecule has 0 radical (unpaired) electrons. The smallest absolute Gasteiger partial charge is 0.224 e. The molecule has 0 bridgehead atoms. The number of amides is 1. The predicted octanol–water partition coefficient (Wildman–Crippen LogP) is 4.93. The normalized spacial score (nSPS) is 10.7. The minimum absolute atomic E-state index is 0.158. The summed E-state index contributed by atoms with van der Waals surface area (Å²) in [7, 11) is 0. The molecule has 0 aliphatic heterocycles. The summed E-state index contributed by atoms with van der Waals surface area (Å²) < 4.78 is 27.4. The number of hydrogen-bond acceptors (Lipinski definition) is 4. The summed E-state index contributed by atoms with van der Waals surface area (Å²) in [6.45, 7) is 1.11. The van der Waals surface area contributed by atoms with Gasteiger partial charge in [-0.05, 0) is 36.4 Å². The average molecular weight is 419 g/mol. The van der Waals surface area contributed by atoms with Gasteiger partial charge in [0.05, 0.1) is 24.1 Å². The van der Waals surface area contributed by atoms with E-state index < -0.39 is 0 Å². The van der Waals surface area contributed by atoms with Crippen LogP contribution in [0.4, 0.5) is 10.1 Å². The van der Waals surface area contributed by atoms with Crippen molar-refractivity contribution in [2.45, 2.75) is 19.4 Å². The van der Waals surface area contributed by atoms with Crippen LogP contribution in [0.1, 0.15) is 12.2 Å². The number of carbonyl (C=O) groups excluding carboxylic acids is 1. The molecule has 4 rings (SSSR count). The van der Waals surface area contributed by atoms with E-state index in [2.05, 4.69) is 10.3 Å². The fourth-order valence-corrected chi connectivity index (χ4v) is 3.14. The molecule has 0 fully saturated rings. The molecule has 158 valence electrons. The molecule has 2 aromatic heterocycles. The number of hydrogen-bond donors (Lipinski definition) is 1. The van der Waals surface area contributed by atoms with E-state index in [1.165, 1.54) is 6.07 Å². The molecule has 1 amide bonds. The minimum Gasteiger partial charge on any atom is -0.490 e. The van der Waals surface area contributed by atoms with Gasteiger partial charge in [-0.3, -0.25) is 4.79 Å². The van der Waals surface area contributed by atoms with Crippen molar-refractivity contribution in [2.24, 2.45) is 0 Å². The number of imidazole rings is 1. The lowest BCUT2D eigenvalue weighted by Crippen LogP contribution is -2.14. The topological polar surface area (TPSA) is 69.3 Å². The van der Waals surface area contributed by atoms with Gasteiger partial charge >= 0.3 is 0 Å². The number of nitrogens with zero attached hydrogens (tertiary/aromatic N) is 2. The van der Waals surface area contributed by atoms with Gasteiger partial charge in [-0.2, -0.15) is 0 Å². The van der Waals surface area contributed by atoms with Gasteiger partial charge in [0.2, 0.25) is 5.91 Å². The highest BCUT2D eigenvalue weighted by Gasteiger charge is 2.12. The first-order valence-corrected chi connectivity index (χ1v) is 10.00. The van der Waals surface area contributed by atoms with Crippen LogP contribution in [-0.4, -0.2) is 22.1 Å². The van der Waals surface area contributed by atoms with Crippen LogP contribution in [0.3, 0.4) is 0 Å². The zero-order chi connectivity index (χ0) is 21.5. The SMILES string of the molecule is O=C(CCc1ccc(-c2ccccc2F)o1)Nc1ccccc1OCCn1ccnc1. The number of furan rings is 1. The second-order valence-electron chi connectivity index (χ2n) is 6.94. The molecule has 0 aliphatic rings. The lowest BCUT2D eigenvalue weighted by molar-refractivity contribution is -0.116. The summed E-state index contributed by atoms with van der Waals surface area (Å²) in [5, 5.41) is 2.89. The summed E-state index contributed by atoms with van der Waals surface area (Å²) in [4.78, 5) is 16.4. The first-order chi connectivity index (χ1) is 15.2. The van der Waals surface area contributed by atoms with Crippen LogP contribution in [-0.2, 0) is 17.8 Å². The van der Waals surface area contributed by atoms with E-state index in [-0.39, 0.29) is 18.1 Å². The molecule has 7 heteroatoms. The number of ether oxygens (including phenoxy) is 1. The minimum atomic E-state index is -0.342. The van der Waals surface area contributed by atoms with Gasteiger partial charge in [0.1, 0.15) is 29.7 Å². The Balaban J connectivity index is 1.31. The van der Waals surface area contributed by atoms with Gasteiger partial charge in [0.25, 0.3) is 0 Å². The first kappa shape index (κ1) is 20.4. The van der Waals surface area contributed by atoms with E-state index >= 15 is 0 Å². The van der Waals surface area contributed by atoms with Crippen molar-refractivity contribution in [1.29, 1.82) is 0 Å². The van der Waals surface area contributed by atoms with E-state index in [9.17, 15) is 9.18 Å². The average Bonchev–Trinajstić information content (AvgIpc) is 3.46. The number of benzene rings is 2. The van der Waals surface area contributed by atoms with Crippen LogP contribution in [0, 0.1) is 5.82 Å². The zero-order valence-electron chi connectivity index (χ0n) is 16.8. The third-order valence-corrected chi connectivity index (χ3v) is 4.73. The van der Waals surface area contributed by atoms with E-state index in [4.69, 9.17) is 9.15 Å². The monoisotopic (exact) mass is 419 g/mol. The Morgan fingerprint density at radius 1 is 1.10 bits per heavy atom. The second-order valence-corrected chi connectivity index (χ2v) is 6.94. The molecule has 0 aliphatic carbocycles. The van der Waals surface area contributed by atoms with E-state index in [1.54, 1.807) is 48.9 Å². The second kappa shape index (κ2) is 9.75. The third kappa shape index (κ3) is 5.39. The Morgan fingerprint density at radius 3 is 2.77 bits per heavy atom. The maximum Gasteiger partial charge on any atom is 0.224 e. The fourth-order valence-electron chi connectivity index (χ4n) is 3.14. The highest BCUT2D eigenvalue weighted by atomic mass is 19.1. The zero-order valence-corrected chi connectivity index (χ0v) is 16.8. The van der Waals surface area contributed by atoms with Gasteiger partial charge in [-0.15, -0.1) is 0 Å². The predicted molar refractivity (Wildman–Crippen MR) is 115 cm³/mol. The number of rotatable bonds is 9. The lowest BCUT2D eigenvalue weighted by atomic mass is 10.1. The van der Waals surface area contributed by atoms with Crippen molar-refractivity contribution in [2.75, 3.05) is 11.9 Å². The van der Waals surface area contributed by atoms with Gasteiger partial charge in [0, 0.05) is 25.2 Å². The van der Waals surface area contributed by atoms with Crippen LogP contribution in [0.25, 0.3) is 11.3 Å². The largest absolute Gasteiger partial charge is 0.490 e. The quantitative estimate of drug-likeness (QED) is 0.418. The number of anilines is 1. The lowest BCUT2D eigenvalue weighted by Gasteiger charge is -2.12. The summed E-state index contributed by atoms with van der Waals surface area (Å²) in [6.07, 6.45) is 5.94. The molecule has 0 spiro atoms. The highest BCUT2D eigenvalue weighted by Crippen LogP contribution is 2.26. The molecule has 0 saturated carbocycles.